The van der Waals surface area contributed by atoms with Crippen molar-refractivity contribution in [1.82, 2.24) is 4.90 Å². The Morgan fingerprint density at radius 3 is 2.84 bits per heavy atom. The second-order valence-electron chi connectivity index (χ2n) is 5.17. The Balaban J connectivity index is 2.10. The molecule has 0 radical (unpaired) electrons. The van der Waals surface area contributed by atoms with Crippen LogP contribution < -0.4 is 0 Å². The molecule has 0 amide bonds. The molecule has 104 valence electrons. The number of carboxylic acids is 1. The van der Waals surface area contributed by atoms with Crippen molar-refractivity contribution >= 4 is 21.9 Å². The molecule has 1 aromatic carbocycles. The van der Waals surface area contributed by atoms with E-state index in [2.05, 4.69) is 20.8 Å². The van der Waals surface area contributed by atoms with Gasteiger partial charge in [0.05, 0.1) is 5.41 Å². The molecule has 1 heterocycles. The molecular weight excluding hydrogens is 310 g/mol. The number of carboxylic acid groups (broad SMARTS) is 1. The van der Waals surface area contributed by atoms with Crippen molar-refractivity contribution in [3.05, 3.63) is 28.2 Å². The second-order valence-corrected chi connectivity index (χ2v) is 6.09. The Labute approximate surface area is 121 Å². The van der Waals surface area contributed by atoms with Crippen molar-refractivity contribution in [3.8, 4) is 5.75 Å². The van der Waals surface area contributed by atoms with Gasteiger partial charge in [-0.15, -0.1) is 0 Å². The van der Waals surface area contributed by atoms with E-state index >= 15 is 0 Å². The predicted octanol–water partition coefficient (Wildman–Crippen LogP) is 2.84. The molecule has 2 rings (SSSR count). The van der Waals surface area contributed by atoms with Gasteiger partial charge in [-0.25, -0.2) is 0 Å². The number of benzene rings is 1. The summed E-state index contributed by atoms with van der Waals surface area (Å²) in [4.78, 5) is 13.5. The fraction of sp³-hybridized carbons (Fsp3) is 0.500. The fourth-order valence-corrected chi connectivity index (χ4v) is 3.04. The highest BCUT2D eigenvalue weighted by Crippen LogP contribution is 2.35. The number of phenols is 1. The van der Waals surface area contributed by atoms with E-state index in [-0.39, 0.29) is 5.75 Å². The van der Waals surface area contributed by atoms with Crippen molar-refractivity contribution in [2.75, 3.05) is 13.1 Å². The highest BCUT2D eigenvalue weighted by Gasteiger charge is 2.43. The van der Waals surface area contributed by atoms with E-state index in [0.717, 1.165) is 16.6 Å². The highest BCUT2D eigenvalue weighted by molar-refractivity contribution is 9.10. The number of nitrogens with zero attached hydrogens (tertiary/aromatic N) is 1. The molecule has 5 heteroatoms. The smallest absolute Gasteiger partial charge is 0.310 e. The van der Waals surface area contributed by atoms with Crippen LogP contribution in [0.1, 0.15) is 25.3 Å². The summed E-state index contributed by atoms with van der Waals surface area (Å²) in [6.07, 6.45) is 1.32. The summed E-state index contributed by atoms with van der Waals surface area (Å²) in [5.74, 6) is -0.455. The van der Waals surface area contributed by atoms with Gasteiger partial charge in [-0.3, -0.25) is 9.69 Å². The lowest BCUT2D eigenvalue weighted by Crippen LogP contribution is -2.33. The zero-order chi connectivity index (χ0) is 14.0. The molecule has 1 saturated heterocycles. The van der Waals surface area contributed by atoms with E-state index < -0.39 is 11.4 Å². The van der Waals surface area contributed by atoms with Gasteiger partial charge in [-0.1, -0.05) is 22.9 Å². The van der Waals surface area contributed by atoms with E-state index in [1.54, 1.807) is 12.1 Å². The summed E-state index contributed by atoms with van der Waals surface area (Å²) in [6.45, 7) is 3.81. The maximum Gasteiger partial charge on any atom is 0.310 e. The molecule has 0 aliphatic carbocycles. The molecular formula is C14H18BrNO3. The van der Waals surface area contributed by atoms with Crippen molar-refractivity contribution in [2.45, 2.75) is 26.3 Å². The van der Waals surface area contributed by atoms with Crippen LogP contribution in [0.3, 0.4) is 0 Å². The quantitative estimate of drug-likeness (QED) is 0.892. The van der Waals surface area contributed by atoms with Gasteiger partial charge in [-0.05, 0) is 37.6 Å². The van der Waals surface area contributed by atoms with Crippen LogP contribution in [0, 0.1) is 5.41 Å². The topological polar surface area (TPSA) is 60.8 Å². The van der Waals surface area contributed by atoms with E-state index in [4.69, 9.17) is 0 Å². The number of halogens is 1. The van der Waals surface area contributed by atoms with Crippen molar-refractivity contribution in [2.24, 2.45) is 5.41 Å². The molecule has 1 fully saturated rings. The zero-order valence-corrected chi connectivity index (χ0v) is 12.5. The number of aromatic hydroxyl groups is 1. The number of likely N-dealkylation sites (tertiary alicyclic amines) is 1. The molecule has 0 bridgehead atoms. The molecule has 1 aliphatic rings. The van der Waals surface area contributed by atoms with Crippen molar-refractivity contribution in [1.29, 1.82) is 0 Å². The minimum Gasteiger partial charge on any atom is -0.508 e. The lowest BCUT2D eigenvalue weighted by atomic mass is 9.84. The van der Waals surface area contributed by atoms with Crippen LogP contribution in [0.25, 0.3) is 0 Å². The van der Waals surface area contributed by atoms with Gasteiger partial charge >= 0.3 is 5.97 Å². The van der Waals surface area contributed by atoms with Crippen LogP contribution in [-0.2, 0) is 11.3 Å². The summed E-state index contributed by atoms with van der Waals surface area (Å²) < 4.78 is 0.916. The first kappa shape index (κ1) is 14.3. The van der Waals surface area contributed by atoms with Crippen molar-refractivity contribution < 1.29 is 15.0 Å². The Morgan fingerprint density at radius 1 is 1.53 bits per heavy atom. The average molecular weight is 328 g/mol. The van der Waals surface area contributed by atoms with E-state index in [1.807, 2.05) is 13.0 Å². The maximum atomic E-state index is 11.4. The fourth-order valence-electron chi connectivity index (χ4n) is 2.63. The molecule has 1 aromatic rings. The number of carbonyl (C=O) groups is 1. The lowest BCUT2D eigenvalue weighted by molar-refractivity contribution is -0.148. The van der Waals surface area contributed by atoms with Gasteiger partial charge in [0.1, 0.15) is 5.75 Å². The first-order chi connectivity index (χ1) is 8.97. The molecule has 1 atom stereocenters. The van der Waals surface area contributed by atoms with Gasteiger partial charge in [0.25, 0.3) is 0 Å². The molecule has 4 nitrogen and oxygen atoms in total. The number of rotatable bonds is 4. The van der Waals surface area contributed by atoms with Crippen LogP contribution in [-0.4, -0.2) is 34.2 Å². The predicted molar refractivity (Wildman–Crippen MR) is 76.1 cm³/mol. The van der Waals surface area contributed by atoms with Crippen LogP contribution in [0.4, 0.5) is 0 Å². The largest absolute Gasteiger partial charge is 0.508 e. The van der Waals surface area contributed by atoms with E-state index in [1.165, 1.54) is 0 Å². The lowest BCUT2D eigenvalue weighted by Gasteiger charge is -2.23. The summed E-state index contributed by atoms with van der Waals surface area (Å²) in [5.41, 5.74) is 0.202. The average Bonchev–Trinajstić information content (AvgIpc) is 2.79. The van der Waals surface area contributed by atoms with E-state index in [9.17, 15) is 15.0 Å². The Hall–Kier alpha value is -1.07. The van der Waals surface area contributed by atoms with Gasteiger partial charge in [0.15, 0.2) is 0 Å². The third kappa shape index (κ3) is 2.92. The molecule has 2 N–H and O–H groups in total. The second kappa shape index (κ2) is 5.51. The normalized spacial score (nSPS) is 23.7. The third-order valence-corrected chi connectivity index (χ3v) is 4.49. The molecule has 19 heavy (non-hydrogen) atoms. The van der Waals surface area contributed by atoms with Crippen LogP contribution in [0.15, 0.2) is 22.7 Å². The highest BCUT2D eigenvalue weighted by atomic mass is 79.9. The summed E-state index contributed by atoms with van der Waals surface area (Å²) >= 11 is 3.38. The number of phenolic OH excluding ortho intramolecular Hbond substituents is 1. The Morgan fingerprint density at radius 2 is 2.26 bits per heavy atom. The van der Waals surface area contributed by atoms with Crippen LogP contribution in [0.2, 0.25) is 0 Å². The summed E-state index contributed by atoms with van der Waals surface area (Å²) in [6, 6.07) is 5.32. The standard InChI is InChI=1S/C14H18BrNO3/c1-2-14(13(18)19)5-6-16(9-14)8-10-7-11(15)3-4-12(10)17/h3-4,7,17H,2,5-6,8-9H2,1H3,(H,18,19). The summed E-state index contributed by atoms with van der Waals surface area (Å²) in [5, 5.41) is 19.2. The molecule has 0 saturated carbocycles. The third-order valence-electron chi connectivity index (χ3n) is 4.00. The summed E-state index contributed by atoms with van der Waals surface area (Å²) in [7, 11) is 0. The van der Waals surface area contributed by atoms with Crippen molar-refractivity contribution in [3.63, 3.8) is 0 Å². The Kier molecular flexibility index (Phi) is 4.16. The minimum atomic E-state index is -0.712. The number of hydrogen-bond acceptors (Lipinski definition) is 3. The molecule has 1 aliphatic heterocycles. The first-order valence-electron chi connectivity index (χ1n) is 6.40. The SMILES string of the molecule is CCC1(C(=O)O)CCN(Cc2cc(Br)ccc2O)C1. The maximum absolute atomic E-state index is 11.4. The van der Waals surface area contributed by atoms with E-state index in [0.29, 0.717) is 25.9 Å². The molecule has 0 aromatic heterocycles. The van der Waals surface area contributed by atoms with Gasteiger partial charge < -0.3 is 10.2 Å². The first-order valence-corrected chi connectivity index (χ1v) is 7.19. The van der Waals surface area contributed by atoms with Crippen LogP contribution in [0.5, 0.6) is 5.75 Å². The number of aliphatic carboxylic acids is 1. The molecule has 1 unspecified atom stereocenters. The monoisotopic (exact) mass is 327 g/mol. The van der Waals surface area contributed by atoms with Gasteiger partial charge in [-0.2, -0.15) is 0 Å². The van der Waals surface area contributed by atoms with Gasteiger partial charge in [0.2, 0.25) is 0 Å². The zero-order valence-electron chi connectivity index (χ0n) is 10.9. The number of hydrogen-bond donors (Lipinski definition) is 2. The minimum absolute atomic E-state index is 0.257. The van der Waals surface area contributed by atoms with Crippen LogP contribution >= 0.6 is 15.9 Å². The Bertz CT molecular complexity index is 492. The van der Waals surface area contributed by atoms with Gasteiger partial charge in [0, 0.05) is 23.1 Å². The molecule has 0 spiro atoms.